The van der Waals surface area contributed by atoms with E-state index in [0.717, 1.165) is 22.6 Å². The van der Waals surface area contributed by atoms with Crippen molar-refractivity contribution in [3.8, 4) is 28.6 Å². The Bertz CT molecular complexity index is 965. The first kappa shape index (κ1) is 17.1. The van der Waals surface area contributed by atoms with Crippen molar-refractivity contribution in [1.82, 2.24) is 9.55 Å². The van der Waals surface area contributed by atoms with E-state index in [9.17, 15) is 4.79 Å². The van der Waals surface area contributed by atoms with E-state index in [0.29, 0.717) is 25.8 Å². The summed E-state index contributed by atoms with van der Waals surface area (Å²) < 4.78 is 18.8. The molecule has 1 aliphatic rings. The zero-order valence-corrected chi connectivity index (χ0v) is 15.0. The van der Waals surface area contributed by atoms with Gasteiger partial charge in [0, 0.05) is 12.3 Å². The van der Waals surface area contributed by atoms with Crippen LogP contribution >= 0.6 is 0 Å². The Morgan fingerprint density at radius 3 is 2.26 bits per heavy atom. The third-order valence-corrected chi connectivity index (χ3v) is 4.31. The average Bonchev–Trinajstić information content (AvgIpc) is 3.10. The van der Waals surface area contributed by atoms with Gasteiger partial charge in [0.1, 0.15) is 18.1 Å². The van der Waals surface area contributed by atoms with Crippen molar-refractivity contribution in [1.29, 1.82) is 0 Å². The van der Waals surface area contributed by atoms with Crippen LogP contribution in [0.1, 0.15) is 6.92 Å². The number of ether oxygens (including phenoxy) is 3. The normalized spacial score (nSPS) is 15.1. The van der Waals surface area contributed by atoms with Crippen molar-refractivity contribution in [2.45, 2.75) is 19.6 Å². The Morgan fingerprint density at radius 2 is 1.63 bits per heavy atom. The van der Waals surface area contributed by atoms with Crippen molar-refractivity contribution < 1.29 is 14.2 Å². The fourth-order valence-electron chi connectivity index (χ4n) is 2.98. The van der Waals surface area contributed by atoms with Crippen LogP contribution in [0.5, 0.6) is 17.5 Å². The first-order valence-corrected chi connectivity index (χ1v) is 8.91. The second kappa shape index (κ2) is 7.53. The highest BCUT2D eigenvalue weighted by Gasteiger charge is 2.23. The summed E-state index contributed by atoms with van der Waals surface area (Å²) in [7, 11) is 0. The van der Waals surface area contributed by atoms with E-state index in [1.165, 1.54) is 6.07 Å². The molecule has 2 aromatic carbocycles. The van der Waals surface area contributed by atoms with Gasteiger partial charge in [-0.05, 0) is 42.3 Å². The molecular formula is C21H20N2O4. The minimum atomic E-state index is -0.298. The van der Waals surface area contributed by atoms with Gasteiger partial charge in [-0.3, -0.25) is 9.36 Å². The highest BCUT2D eigenvalue weighted by atomic mass is 16.6. The molecule has 0 spiro atoms. The molecule has 4 rings (SSSR count). The lowest BCUT2D eigenvalue weighted by molar-refractivity contribution is 0.143. The SMILES string of the molecule is CCOc1ccc(-c2ccc(OC[C@@H]3Cn4ccc(=O)nc4O3)cc2)cc1. The molecule has 0 bridgehead atoms. The van der Waals surface area contributed by atoms with Crippen molar-refractivity contribution >= 4 is 0 Å². The Morgan fingerprint density at radius 1 is 1.00 bits per heavy atom. The number of nitrogens with zero attached hydrogens (tertiary/aromatic N) is 2. The van der Waals surface area contributed by atoms with Crippen LogP contribution in [0.2, 0.25) is 0 Å². The molecule has 0 aliphatic carbocycles. The van der Waals surface area contributed by atoms with Crippen LogP contribution < -0.4 is 19.8 Å². The molecule has 0 N–H and O–H groups in total. The maximum atomic E-state index is 11.3. The van der Waals surface area contributed by atoms with E-state index < -0.39 is 0 Å². The zero-order chi connectivity index (χ0) is 18.6. The number of benzene rings is 2. The molecule has 2 heterocycles. The van der Waals surface area contributed by atoms with Gasteiger partial charge in [-0.15, -0.1) is 0 Å². The Kier molecular flexibility index (Phi) is 4.78. The van der Waals surface area contributed by atoms with E-state index in [1.54, 1.807) is 6.20 Å². The van der Waals surface area contributed by atoms with Crippen molar-refractivity contribution in [3.05, 3.63) is 71.1 Å². The van der Waals surface area contributed by atoms with Crippen LogP contribution in [0.4, 0.5) is 0 Å². The summed E-state index contributed by atoms with van der Waals surface area (Å²) in [5, 5.41) is 0. The molecule has 0 radical (unpaired) electrons. The van der Waals surface area contributed by atoms with Crippen molar-refractivity contribution in [2.24, 2.45) is 0 Å². The number of rotatable bonds is 6. The van der Waals surface area contributed by atoms with Gasteiger partial charge in [0.05, 0.1) is 13.2 Å². The van der Waals surface area contributed by atoms with Gasteiger partial charge in [0.2, 0.25) is 0 Å². The lowest BCUT2D eigenvalue weighted by atomic mass is 10.1. The van der Waals surface area contributed by atoms with E-state index in [4.69, 9.17) is 14.2 Å². The highest BCUT2D eigenvalue weighted by Crippen LogP contribution is 2.25. The van der Waals surface area contributed by atoms with E-state index in [1.807, 2.05) is 60.0 Å². The van der Waals surface area contributed by atoms with Crippen LogP contribution in [0.15, 0.2) is 65.6 Å². The first-order chi connectivity index (χ1) is 13.2. The highest BCUT2D eigenvalue weighted by molar-refractivity contribution is 5.64. The van der Waals surface area contributed by atoms with E-state index in [-0.39, 0.29) is 11.7 Å². The van der Waals surface area contributed by atoms with Crippen LogP contribution in [-0.2, 0) is 6.54 Å². The lowest BCUT2D eigenvalue weighted by Crippen LogP contribution is -2.23. The summed E-state index contributed by atoms with van der Waals surface area (Å²) in [5.74, 6) is 1.64. The van der Waals surface area contributed by atoms with Gasteiger partial charge in [-0.2, -0.15) is 4.98 Å². The van der Waals surface area contributed by atoms with Gasteiger partial charge >= 0.3 is 0 Å². The first-order valence-electron chi connectivity index (χ1n) is 8.91. The molecule has 0 saturated heterocycles. The number of aromatic nitrogens is 2. The number of fused-ring (bicyclic) bond motifs is 1. The maximum Gasteiger partial charge on any atom is 0.300 e. The molecule has 1 atom stereocenters. The second-order valence-corrected chi connectivity index (χ2v) is 6.23. The van der Waals surface area contributed by atoms with Gasteiger partial charge < -0.3 is 14.2 Å². The topological polar surface area (TPSA) is 62.6 Å². The van der Waals surface area contributed by atoms with Gasteiger partial charge in [0.25, 0.3) is 11.6 Å². The summed E-state index contributed by atoms with van der Waals surface area (Å²) in [6.07, 6.45) is 1.53. The number of hydrogen-bond donors (Lipinski definition) is 0. The maximum absolute atomic E-state index is 11.3. The largest absolute Gasteiger partial charge is 0.494 e. The minimum Gasteiger partial charge on any atom is -0.494 e. The molecule has 0 unspecified atom stereocenters. The van der Waals surface area contributed by atoms with Crippen molar-refractivity contribution in [3.63, 3.8) is 0 Å². The van der Waals surface area contributed by atoms with Crippen LogP contribution in [0.3, 0.4) is 0 Å². The van der Waals surface area contributed by atoms with Gasteiger partial charge in [-0.1, -0.05) is 24.3 Å². The molecule has 0 fully saturated rings. The van der Waals surface area contributed by atoms with Crippen molar-refractivity contribution in [2.75, 3.05) is 13.2 Å². The molecule has 6 nitrogen and oxygen atoms in total. The Labute approximate surface area is 157 Å². The predicted octanol–water partition coefficient (Wildman–Crippen LogP) is 3.15. The smallest absolute Gasteiger partial charge is 0.300 e. The predicted molar refractivity (Wildman–Crippen MR) is 101 cm³/mol. The molecule has 6 heteroatoms. The average molecular weight is 364 g/mol. The monoisotopic (exact) mass is 364 g/mol. The minimum absolute atomic E-state index is 0.162. The van der Waals surface area contributed by atoms with Crippen LogP contribution in [-0.4, -0.2) is 28.9 Å². The molecule has 1 aromatic heterocycles. The molecular weight excluding hydrogens is 344 g/mol. The van der Waals surface area contributed by atoms with E-state index >= 15 is 0 Å². The molecule has 1 aliphatic heterocycles. The van der Waals surface area contributed by atoms with Gasteiger partial charge in [-0.25, -0.2) is 0 Å². The third-order valence-electron chi connectivity index (χ3n) is 4.31. The summed E-state index contributed by atoms with van der Waals surface area (Å²) >= 11 is 0. The summed E-state index contributed by atoms with van der Waals surface area (Å²) in [6, 6.07) is 17.7. The van der Waals surface area contributed by atoms with E-state index in [2.05, 4.69) is 4.98 Å². The molecule has 3 aromatic rings. The second-order valence-electron chi connectivity index (χ2n) is 6.23. The number of hydrogen-bond acceptors (Lipinski definition) is 5. The lowest BCUT2D eigenvalue weighted by Gasteiger charge is -2.11. The fraction of sp³-hybridized carbons (Fsp3) is 0.238. The fourth-order valence-corrected chi connectivity index (χ4v) is 2.98. The quantitative estimate of drug-likeness (QED) is 0.672. The zero-order valence-electron chi connectivity index (χ0n) is 15.0. The molecule has 0 saturated carbocycles. The van der Waals surface area contributed by atoms with Crippen LogP contribution in [0, 0.1) is 0 Å². The Hall–Kier alpha value is -3.28. The summed E-state index contributed by atoms with van der Waals surface area (Å²) in [6.45, 7) is 3.64. The third kappa shape index (κ3) is 3.95. The Balaban J connectivity index is 1.35. The molecule has 0 amide bonds. The summed E-state index contributed by atoms with van der Waals surface area (Å²) in [4.78, 5) is 15.1. The standard InChI is InChI=1S/C21H20N2O4/c1-2-25-17-7-3-15(4-8-17)16-5-9-18(10-6-16)26-14-19-13-23-12-11-20(24)22-21(23)27-19/h3-12,19H,2,13-14H2,1H3/t19-/m0/s1. The summed E-state index contributed by atoms with van der Waals surface area (Å²) in [5.41, 5.74) is 1.93. The van der Waals surface area contributed by atoms with Gasteiger partial charge in [0.15, 0.2) is 6.10 Å². The molecule has 27 heavy (non-hydrogen) atoms. The van der Waals surface area contributed by atoms with Crippen LogP contribution in [0.25, 0.3) is 11.1 Å². The molecule has 138 valence electrons.